The van der Waals surface area contributed by atoms with Crippen LogP contribution in [0.1, 0.15) is 18.4 Å². The quantitative estimate of drug-likeness (QED) is 0.604. The number of hydrogen-bond donors (Lipinski definition) is 2. The van der Waals surface area contributed by atoms with Crippen LogP contribution in [0.3, 0.4) is 0 Å². The van der Waals surface area contributed by atoms with E-state index < -0.39 is 5.91 Å². The molecule has 0 radical (unpaired) electrons. The molecular weight excluding hydrogens is 364 g/mol. The number of phenolic OH excluding ortho intramolecular Hbond substituents is 1. The SMILES string of the molecule is COc1cc(/C=C(\C#N)C(=O)NC[C@H]2CCCO2)c(Br)cc1O. The number of amides is 1. The van der Waals surface area contributed by atoms with Crippen molar-refractivity contribution in [3.63, 3.8) is 0 Å². The van der Waals surface area contributed by atoms with E-state index >= 15 is 0 Å². The van der Waals surface area contributed by atoms with Gasteiger partial charge >= 0.3 is 0 Å². The Labute approximate surface area is 142 Å². The number of nitrogens with zero attached hydrogens (tertiary/aromatic N) is 1. The summed E-state index contributed by atoms with van der Waals surface area (Å²) in [6.07, 6.45) is 3.35. The molecule has 1 atom stereocenters. The highest BCUT2D eigenvalue weighted by Crippen LogP contribution is 2.33. The number of benzene rings is 1. The van der Waals surface area contributed by atoms with Gasteiger partial charge in [0, 0.05) is 17.6 Å². The molecule has 1 fully saturated rings. The second-order valence-electron chi connectivity index (χ2n) is 5.06. The Bertz CT molecular complexity index is 661. The normalized spacial score (nSPS) is 17.6. The van der Waals surface area contributed by atoms with Crippen LogP contribution < -0.4 is 10.1 Å². The maximum Gasteiger partial charge on any atom is 0.262 e. The predicted octanol–water partition coefficient (Wildman–Crippen LogP) is 2.37. The van der Waals surface area contributed by atoms with Gasteiger partial charge in [-0.15, -0.1) is 0 Å². The maximum absolute atomic E-state index is 12.1. The first kappa shape index (κ1) is 17.3. The molecule has 0 saturated carbocycles. The number of carbonyl (C=O) groups excluding carboxylic acids is 1. The Morgan fingerprint density at radius 3 is 3.04 bits per heavy atom. The van der Waals surface area contributed by atoms with E-state index in [0.717, 1.165) is 12.8 Å². The van der Waals surface area contributed by atoms with Gasteiger partial charge in [-0.3, -0.25) is 4.79 Å². The van der Waals surface area contributed by atoms with Crippen molar-refractivity contribution >= 4 is 27.9 Å². The lowest BCUT2D eigenvalue weighted by molar-refractivity contribution is -0.117. The zero-order chi connectivity index (χ0) is 16.8. The molecule has 122 valence electrons. The second kappa shape index (κ2) is 7.99. The van der Waals surface area contributed by atoms with Crippen molar-refractivity contribution in [1.82, 2.24) is 5.32 Å². The van der Waals surface area contributed by atoms with Crippen LogP contribution in [0, 0.1) is 11.3 Å². The largest absolute Gasteiger partial charge is 0.504 e. The van der Waals surface area contributed by atoms with Crippen LogP contribution in [0.2, 0.25) is 0 Å². The molecule has 1 aromatic carbocycles. The van der Waals surface area contributed by atoms with Crippen LogP contribution in [0.4, 0.5) is 0 Å². The Morgan fingerprint density at radius 1 is 1.65 bits per heavy atom. The minimum Gasteiger partial charge on any atom is -0.504 e. The highest BCUT2D eigenvalue weighted by Gasteiger charge is 2.18. The summed E-state index contributed by atoms with van der Waals surface area (Å²) in [7, 11) is 1.43. The van der Waals surface area contributed by atoms with E-state index in [1.54, 1.807) is 6.07 Å². The van der Waals surface area contributed by atoms with Crippen molar-refractivity contribution in [3.8, 4) is 17.6 Å². The lowest BCUT2D eigenvalue weighted by Gasteiger charge is -2.10. The fourth-order valence-corrected chi connectivity index (χ4v) is 2.69. The van der Waals surface area contributed by atoms with Gasteiger partial charge in [0.05, 0.1) is 13.2 Å². The first-order valence-corrected chi connectivity index (χ1v) is 7.92. The topological polar surface area (TPSA) is 91.6 Å². The molecule has 1 aliphatic rings. The van der Waals surface area contributed by atoms with E-state index in [4.69, 9.17) is 9.47 Å². The molecule has 6 nitrogen and oxygen atoms in total. The Morgan fingerprint density at radius 2 is 2.43 bits per heavy atom. The predicted molar refractivity (Wildman–Crippen MR) is 87.9 cm³/mol. The van der Waals surface area contributed by atoms with E-state index in [9.17, 15) is 15.2 Å². The van der Waals surface area contributed by atoms with Crippen molar-refractivity contribution in [2.45, 2.75) is 18.9 Å². The molecule has 1 aromatic rings. The molecule has 7 heteroatoms. The van der Waals surface area contributed by atoms with E-state index in [0.29, 0.717) is 23.2 Å². The number of hydrogen-bond acceptors (Lipinski definition) is 5. The van der Waals surface area contributed by atoms with Crippen molar-refractivity contribution in [1.29, 1.82) is 5.26 Å². The molecule has 1 aliphatic heterocycles. The highest BCUT2D eigenvalue weighted by molar-refractivity contribution is 9.10. The highest BCUT2D eigenvalue weighted by atomic mass is 79.9. The van der Waals surface area contributed by atoms with Crippen LogP contribution in [0.15, 0.2) is 22.2 Å². The summed E-state index contributed by atoms with van der Waals surface area (Å²) >= 11 is 3.29. The fourth-order valence-electron chi connectivity index (χ4n) is 2.24. The molecule has 23 heavy (non-hydrogen) atoms. The molecule has 1 saturated heterocycles. The summed E-state index contributed by atoms with van der Waals surface area (Å²) in [5, 5.41) is 21.6. The molecule has 0 aromatic heterocycles. The molecule has 0 aliphatic carbocycles. The van der Waals surface area contributed by atoms with E-state index in [1.807, 2.05) is 6.07 Å². The average Bonchev–Trinajstić information content (AvgIpc) is 3.05. The van der Waals surface area contributed by atoms with E-state index in [2.05, 4.69) is 21.2 Å². The summed E-state index contributed by atoms with van der Waals surface area (Å²) in [4.78, 5) is 12.1. The first-order chi connectivity index (χ1) is 11.0. The summed E-state index contributed by atoms with van der Waals surface area (Å²) in [5.74, 6) is -0.226. The third kappa shape index (κ3) is 4.47. The zero-order valence-electron chi connectivity index (χ0n) is 12.6. The van der Waals surface area contributed by atoms with Gasteiger partial charge in [0.2, 0.25) is 0 Å². The number of rotatable bonds is 5. The van der Waals surface area contributed by atoms with Gasteiger partial charge in [0.25, 0.3) is 5.91 Å². The molecule has 1 amide bonds. The summed E-state index contributed by atoms with van der Waals surface area (Å²) < 4.78 is 11.0. The van der Waals surface area contributed by atoms with Gasteiger partial charge in [-0.05, 0) is 36.6 Å². The number of phenols is 1. The van der Waals surface area contributed by atoms with Crippen LogP contribution >= 0.6 is 15.9 Å². The monoisotopic (exact) mass is 380 g/mol. The van der Waals surface area contributed by atoms with E-state index in [1.165, 1.54) is 19.3 Å². The van der Waals surface area contributed by atoms with Crippen LogP contribution in [-0.2, 0) is 9.53 Å². The molecule has 0 bridgehead atoms. The summed E-state index contributed by atoms with van der Waals surface area (Å²) in [6.45, 7) is 1.10. The van der Waals surface area contributed by atoms with Gasteiger partial charge in [0.1, 0.15) is 11.6 Å². The fraction of sp³-hybridized carbons (Fsp3) is 0.375. The van der Waals surface area contributed by atoms with Crippen LogP contribution in [0.5, 0.6) is 11.5 Å². The minimum atomic E-state index is -0.457. The smallest absolute Gasteiger partial charge is 0.262 e. The van der Waals surface area contributed by atoms with Crippen molar-refractivity contribution in [3.05, 3.63) is 27.7 Å². The standard InChI is InChI=1S/C16H17BrN2O4/c1-22-15-6-10(13(17)7-14(15)20)5-11(8-18)16(21)19-9-12-3-2-4-23-12/h5-7,12,20H,2-4,9H2,1H3,(H,19,21)/b11-5+/t12-/m1/s1. The number of aromatic hydroxyl groups is 1. The lowest BCUT2D eigenvalue weighted by atomic mass is 10.1. The molecule has 1 heterocycles. The molecule has 0 unspecified atom stereocenters. The Balaban J connectivity index is 2.14. The second-order valence-corrected chi connectivity index (χ2v) is 5.91. The Hall–Kier alpha value is -2.04. The average molecular weight is 381 g/mol. The lowest BCUT2D eigenvalue weighted by Crippen LogP contribution is -2.32. The maximum atomic E-state index is 12.1. The number of carbonyl (C=O) groups is 1. The number of ether oxygens (including phenoxy) is 2. The van der Waals surface area contributed by atoms with Crippen molar-refractivity contribution in [2.75, 3.05) is 20.3 Å². The number of nitrogens with one attached hydrogen (secondary N) is 1. The van der Waals surface area contributed by atoms with Gasteiger partial charge in [-0.1, -0.05) is 15.9 Å². The van der Waals surface area contributed by atoms with Gasteiger partial charge in [-0.25, -0.2) is 0 Å². The number of methoxy groups -OCH3 is 1. The van der Waals surface area contributed by atoms with Gasteiger partial charge < -0.3 is 19.9 Å². The summed E-state index contributed by atoms with van der Waals surface area (Å²) in [5.41, 5.74) is 0.528. The Kier molecular flexibility index (Phi) is 6.02. The molecule has 2 rings (SSSR count). The van der Waals surface area contributed by atoms with Gasteiger partial charge in [-0.2, -0.15) is 5.26 Å². The zero-order valence-corrected chi connectivity index (χ0v) is 14.2. The minimum absolute atomic E-state index is 0.0133. The summed E-state index contributed by atoms with van der Waals surface area (Å²) in [6, 6.07) is 4.88. The third-order valence-corrected chi connectivity index (χ3v) is 4.16. The number of nitriles is 1. The van der Waals surface area contributed by atoms with Crippen molar-refractivity contribution in [2.24, 2.45) is 0 Å². The van der Waals surface area contributed by atoms with E-state index in [-0.39, 0.29) is 23.2 Å². The number of halogens is 1. The first-order valence-electron chi connectivity index (χ1n) is 7.13. The van der Waals surface area contributed by atoms with Gasteiger partial charge in [0.15, 0.2) is 11.5 Å². The molecule has 2 N–H and O–H groups in total. The van der Waals surface area contributed by atoms with Crippen molar-refractivity contribution < 1.29 is 19.4 Å². The molecular formula is C16H17BrN2O4. The third-order valence-electron chi connectivity index (χ3n) is 3.48. The van der Waals surface area contributed by atoms with Crippen LogP contribution in [-0.4, -0.2) is 37.4 Å². The molecule has 0 spiro atoms. The van der Waals surface area contributed by atoms with Crippen LogP contribution in [0.25, 0.3) is 6.08 Å².